The summed E-state index contributed by atoms with van der Waals surface area (Å²) in [7, 11) is -3.57. The van der Waals surface area contributed by atoms with E-state index in [0.29, 0.717) is 36.9 Å². The first kappa shape index (κ1) is 19.9. The Morgan fingerprint density at radius 2 is 1.52 bits per heavy atom. The van der Waals surface area contributed by atoms with Gasteiger partial charge in [0.2, 0.25) is 16.0 Å². The van der Waals surface area contributed by atoms with Crippen LogP contribution in [0.5, 0.6) is 0 Å². The van der Waals surface area contributed by atoms with Crippen molar-refractivity contribution in [1.82, 2.24) is 14.3 Å². The van der Waals surface area contributed by atoms with Gasteiger partial charge >= 0.3 is 0 Å². The first-order valence-corrected chi connectivity index (χ1v) is 10.6. The van der Waals surface area contributed by atoms with E-state index in [1.54, 1.807) is 10.4 Å². The summed E-state index contributed by atoms with van der Waals surface area (Å²) in [5.41, 5.74) is 9.27. The number of hydrogen-bond acceptors (Lipinski definition) is 6. The molecule has 0 saturated carbocycles. The van der Waals surface area contributed by atoms with Crippen molar-refractivity contribution in [2.45, 2.75) is 32.6 Å². The van der Waals surface area contributed by atoms with Gasteiger partial charge < -0.3 is 10.6 Å². The molecule has 1 fully saturated rings. The number of piperazine rings is 1. The second-order valence-electron chi connectivity index (χ2n) is 6.89. The zero-order valence-corrected chi connectivity index (χ0v) is 17.5. The molecule has 2 aromatic rings. The first-order chi connectivity index (χ1) is 12.6. The Bertz CT molecular complexity index is 939. The number of nitrogens with two attached hydrogens (primary N) is 1. The van der Waals surface area contributed by atoms with E-state index in [1.807, 2.05) is 38.7 Å². The molecule has 0 radical (unpaired) electrons. The molecule has 1 aliphatic rings. The highest BCUT2D eigenvalue weighted by Crippen LogP contribution is 2.29. The van der Waals surface area contributed by atoms with Crippen molar-refractivity contribution in [1.29, 1.82) is 0 Å². The van der Waals surface area contributed by atoms with Gasteiger partial charge in [0.15, 0.2) is 0 Å². The summed E-state index contributed by atoms with van der Waals surface area (Å²) in [4.78, 5) is 10.5. The molecule has 1 saturated heterocycles. The van der Waals surface area contributed by atoms with Crippen molar-refractivity contribution in [2.75, 3.05) is 36.8 Å². The van der Waals surface area contributed by atoms with Gasteiger partial charge in [0, 0.05) is 32.2 Å². The molecular weight excluding hydrogens is 386 g/mol. The number of benzene rings is 1. The standard InChI is InChI=1S/C18H24ClN5O2S/c1-11-9-12(2)14(4)17(13(11)3)27(25,26)24-7-5-23(6-8-24)16-10-15(19)21-18(20)22-16/h9-10H,5-8H2,1-4H3,(H2,20,21,22). The van der Waals surface area contributed by atoms with Crippen LogP contribution in [0, 0.1) is 27.7 Å². The monoisotopic (exact) mass is 409 g/mol. The van der Waals surface area contributed by atoms with Crippen LogP contribution in [-0.4, -0.2) is 48.9 Å². The van der Waals surface area contributed by atoms with Gasteiger partial charge in [-0.2, -0.15) is 9.29 Å². The molecule has 0 spiro atoms. The number of aryl methyl sites for hydroxylation is 2. The number of aromatic nitrogens is 2. The third-order valence-corrected chi connectivity index (χ3v) is 7.52. The van der Waals surface area contributed by atoms with Crippen molar-refractivity contribution in [2.24, 2.45) is 0 Å². The number of nitrogens with zero attached hydrogens (tertiary/aromatic N) is 4. The zero-order valence-electron chi connectivity index (χ0n) is 16.0. The van der Waals surface area contributed by atoms with E-state index < -0.39 is 10.0 Å². The largest absolute Gasteiger partial charge is 0.368 e. The Balaban J connectivity index is 1.86. The average molecular weight is 410 g/mol. The fraction of sp³-hybridized carbons (Fsp3) is 0.444. The maximum absolute atomic E-state index is 13.3. The molecule has 27 heavy (non-hydrogen) atoms. The third kappa shape index (κ3) is 3.74. The Kier molecular flexibility index (Phi) is 5.33. The van der Waals surface area contributed by atoms with Crippen molar-refractivity contribution in [3.05, 3.63) is 39.5 Å². The molecule has 0 aliphatic carbocycles. The summed E-state index contributed by atoms with van der Waals surface area (Å²) in [6.45, 7) is 9.40. The van der Waals surface area contributed by atoms with E-state index in [4.69, 9.17) is 17.3 Å². The lowest BCUT2D eigenvalue weighted by atomic mass is 10.0. The Hall–Kier alpha value is -1.90. The third-order valence-electron chi connectivity index (χ3n) is 5.16. The molecule has 3 rings (SSSR count). The molecule has 0 atom stereocenters. The normalized spacial score (nSPS) is 16.0. The second-order valence-corrected chi connectivity index (χ2v) is 9.15. The Morgan fingerprint density at radius 1 is 0.963 bits per heavy atom. The van der Waals surface area contributed by atoms with Gasteiger partial charge in [-0.1, -0.05) is 17.7 Å². The molecule has 9 heteroatoms. The van der Waals surface area contributed by atoms with Gasteiger partial charge in [-0.3, -0.25) is 0 Å². The van der Waals surface area contributed by atoms with Gasteiger partial charge in [0.25, 0.3) is 0 Å². The first-order valence-electron chi connectivity index (χ1n) is 8.74. The minimum absolute atomic E-state index is 0.106. The fourth-order valence-corrected chi connectivity index (χ4v) is 5.62. The molecule has 0 bridgehead atoms. The van der Waals surface area contributed by atoms with Gasteiger partial charge in [0.1, 0.15) is 11.0 Å². The molecule has 1 aromatic carbocycles. The molecular formula is C18H24ClN5O2S. The minimum atomic E-state index is -3.57. The quantitative estimate of drug-likeness (QED) is 0.783. The molecule has 146 valence electrons. The second kappa shape index (κ2) is 7.26. The van der Waals surface area contributed by atoms with Crippen LogP contribution in [0.3, 0.4) is 0 Å². The molecule has 1 aromatic heterocycles. The molecule has 2 N–H and O–H groups in total. The van der Waals surface area contributed by atoms with Crippen molar-refractivity contribution < 1.29 is 8.42 Å². The smallest absolute Gasteiger partial charge is 0.243 e. The maximum atomic E-state index is 13.3. The van der Waals surface area contributed by atoms with Crippen molar-refractivity contribution >= 4 is 33.4 Å². The minimum Gasteiger partial charge on any atom is -0.368 e. The van der Waals surface area contributed by atoms with Gasteiger partial charge in [0.05, 0.1) is 4.90 Å². The summed E-state index contributed by atoms with van der Waals surface area (Å²) in [6, 6.07) is 3.67. The van der Waals surface area contributed by atoms with E-state index in [1.165, 1.54) is 0 Å². The van der Waals surface area contributed by atoms with E-state index in [0.717, 1.165) is 22.3 Å². The topological polar surface area (TPSA) is 92.4 Å². The number of anilines is 2. The molecule has 0 amide bonds. The predicted octanol–water partition coefficient (Wildman–Crippen LogP) is 2.46. The summed E-state index contributed by atoms with van der Waals surface area (Å²) >= 11 is 5.95. The van der Waals surface area contributed by atoms with Crippen LogP contribution in [0.2, 0.25) is 5.15 Å². The molecule has 1 aliphatic heterocycles. The van der Waals surface area contributed by atoms with Crippen LogP contribution in [-0.2, 0) is 10.0 Å². The van der Waals surface area contributed by atoms with Crippen LogP contribution >= 0.6 is 11.6 Å². The molecule has 0 unspecified atom stereocenters. The van der Waals surface area contributed by atoms with E-state index in [-0.39, 0.29) is 11.1 Å². The number of hydrogen-bond donors (Lipinski definition) is 1. The van der Waals surface area contributed by atoms with Gasteiger partial charge in [-0.15, -0.1) is 0 Å². The highest BCUT2D eigenvalue weighted by Gasteiger charge is 2.32. The maximum Gasteiger partial charge on any atom is 0.243 e. The fourth-order valence-electron chi connectivity index (χ4n) is 3.44. The summed E-state index contributed by atoms with van der Waals surface area (Å²) in [6.07, 6.45) is 0. The van der Waals surface area contributed by atoms with Crippen LogP contribution in [0.4, 0.5) is 11.8 Å². The highest BCUT2D eigenvalue weighted by atomic mass is 35.5. The van der Waals surface area contributed by atoms with E-state index >= 15 is 0 Å². The van der Waals surface area contributed by atoms with E-state index in [2.05, 4.69) is 9.97 Å². The lowest BCUT2D eigenvalue weighted by Crippen LogP contribution is -2.49. The van der Waals surface area contributed by atoms with Crippen LogP contribution in [0.25, 0.3) is 0 Å². The van der Waals surface area contributed by atoms with Crippen molar-refractivity contribution in [3.63, 3.8) is 0 Å². The van der Waals surface area contributed by atoms with Crippen molar-refractivity contribution in [3.8, 4) is 0 Å². The number of nitrogen functional groups attached to an aromatic ring is 1. The summed E-state index contributed by atoms with van der Waals surface area (Å²) in [5.74, 6) is 0.720. The zero-order chi connectivity index (χ0) is 19.9. The predicted molar refractivity (Wildman–Crippen MR) is 108 cm³/mol. The Morgan fingerprint density at radius 3 is 2.04 bits per heavy atom. The SMILES string of the molecule is Cc1cc(C)c(C)c(S(=O)(=O)N2CCN(c3cc(Cl)nc(N)n3)CC2)c1C. The highest BCUT2D eigenvalue weighted by molar-refractivity contribution is 7.89. The number of sulfonamides is 1. The number of rotatable bonds is 3. The Labute approximate surface area is 165 Å². The molecule has 7 nitrogen and oxygen atoms in total. The van der Waals surface area contributed by atoms with Gasteiger partial charge in [-0.25, -0.2) is 13.4 Å². The summed E-state index contributed by atoms with van der Waals surface area (Å²) < 4.78 is 28.2. The molecule has 2 heterocycles. The number of halogens is 1. The van der Waals surface area contributed by atoms with Crippen LogP contribution in [0.15, 0.2) is 17.0 Å². The van der Waals surface area contributed by atoms with E-state index in [9.17, 15) is 8.42 Å². The van der Waals surface area contributed by atoms with Gasteiger partial charge in [-0.05, 0) is 49.9 Å². The lowest BCUT2D eigenvalue weighted by molar-refractivity contribution is 0.383. The van der Waals surface area contributed by atoms with Crippen LogP contribution in [0.1, 0.15) is 22.3 Å². The summed E-state index contributed by atoms with van der Waals surface area (Å²) in [5, 5.41) is 0.272. The average Bonchev–Trinajstić information content (AvgIpc) is 2.59. The van der Waals surface area contributed by atoms with Crippen LogP contribution < -0.4 is 10.6 Å². The lowest BCUT2D eigenvalue weighted by Gasteiger charge is -2.35.